The maximum atomic E-state index is 13.3. The van der Waals surface area contributed by atoms with Gasteiger partial charge in [0.1, 0.15) is 5.83 Å². The fraction of sp³-hybridized carbons (Fsp3) is 0.364. The lowest BCUT2D eigenvalue weighted by atomic mass is 10.0. The van der Waals surface area contributed by atoms with E-state index in [0.29, 0.717) is 5.57 Å². The van der Waals surface area contributed by atoms with Crippen LogP contribution in [0.5, 0.6) is 0 Å². The lowest BCUT2D eigenvalue weighted by Crippen LogP contribution is -1.99. The van der Waals surface area contributed by atoms with E-state index in [-0.39, 0.29) is 11.5 Å². The van der Waals surface area contributed by atoms with Gasteiger partial charge in [-0.3, -0.25) is 0 Å². The third-order valence-electron chi connectivity index (χ3n) is 1.84. The second-order valence-electron chi connectivity index (χ2n) is 3.22. The van der Waals surface area contributed by atoms with E-state index in [0.717, 1.165) is 6.08 Å². The molecule has 0 aliphatic heterocycles. The summed E-state index contributed by atoms with van der Waals surface area (Å²) in [5, 5.41) is 8.63. The summed E-state index contributed by atoms with van der Waals surface area (Å²) in [5.74, 6) is -1.74. The molecule has 1 N–H and O–H groups in total. The largest absolute Gasteiger partial charge is 0.478 e. The Balaban J connectivity index is 4.84. The quantitative estimate of drug-likeness (QED) is 0.556. The van der Waals surface area contributed by atoms with Gasteiger partial charge in [0.15, 0.2) is 0 Å². The van der Waals surface area contributed by atoms with Crippen LogP contribution in [0.25, 0.3) is 0 Å². The molecule has 0 unspecified atom stereocenters. The molecule has 0 bridgehead atoms. The Morgan fingerprint density at radius 3 is 2.29 bits per heavy atom. The van der Waals surface area contributed by atoms with Crippen molar-refractivity contribution in [2.24, 2.45) is 5.92 Å². The zero-order valence-electron chi connectivity index (χ0n) is 8.67. The molecular formula is C11H15FO2. The molecule has 0 saturated carbocycles. The Morgan fingerprint density at radius 2 is 2.00 bits per heavy atom. The van der Waals surface area contributed by atoms with Crippen LogP contribution in [-0.4, -0.2) is 11.1 Å². The van der Waals surface area contributed by atoms with Crippen LogP contribution in [0, 0.1) is 5.92 Å². The van der Waals surface area contributed by atoms with Crippen LogP contribution >= 0.6 is 0 Å². The Morgan fingerprint density at radius 1 is 1.50 bits per heavy atom. The molecule has 78 valence electrons. The number of hydrogen-bond donors (Lipinski definition) is 1. The fourth-order valence-electron chi connectivity index (χ4n) is 0.774. The van der Waals surface area contributed by atoms with Crippen LogP contribution in [0.2, 0.25) is 0 Å². The van der Waals surface area contributed by atoms with Crippen molar-refractivity contribution in [2.45, 2.75) is 20.8 Å². The summed E-state index contributed by atoms with van der Waals surface area (Å²) < 4.78 is 13.3. The van der Waals surface area contributed by atoms with Crippen molar-refractivity contribution >= 4 is 5.97 Å². The minimum Gasteiger partial charge on any atom is -0.478 e. The summed E-state index contributed by atoms with van der Waals surface area (Å²) in [6, 6.07) is 0. The second-order valence-corrected chi connectivity index (χ2v) is 3.22. The van der Waals surface area contributed by atoms with Crippen molar-refractivity contribution in [1.82, 2.24) is 0 Å². The average molecular weight is 198 g/mol. The molecule has 0 fully saturated rings. The van der Waals surface area contributed by atoms with E-state index in [1.807, 2.05) is 0 Å². The van der Waals surface area contributed by atoms with Crippen molar-refractivity contribution in [3.63, 3.8) is 0 Å². The highest BCUT2D eigenvalue weighted by Crippen LogP contribution is 2.19. The molecule has 0 spiro atoms. The Kier molecular flexibility index (Phi) is 4.84. The van der Waals surface area contributed by atoms with Crippen LogP contribution < -0.4 is 0 Å². The third-order valence-corrected chi connectivity index (χ3v) is 1.84. The molecule has 0 rings (SSSR count). The van der Waals surface area contributed by atoms with E-state index in [9.17, 15) is 9.18 Å². The zero-order valence-corrected chi connectivity index (χ0v) is 8.67. The Bertz CT molecular complexity index is 298. The molecular weight excluding hydrogens is 183 g/mol. The molecule has 0 heterocycles. The maximum absolute atomic E-state index is 13.3. The molecule has 3 heteroatoms. The zero-order chi connectivity index (χ0) is 11.3. The predicted octanol–water partition coefficient (Wildman–Crippen LogP) is 3.08. The summed E-state index contributed by atoms with van der Waals surface area (Å²) in [5.41, 5.74) is 0.245. The van der Waals surface area contributed by atoms with E-state index in [4.69, 9.17) is 5.11 Å². The first kappa shape index (κ1) is 12.6. The molecule has 0 aromatic carbocycles. The van der Waals surface area contributed by atoms with Crippen molar-refractivity contribution in [2.75, 3.05) is 0 Å². The Labute approximate surface area is 83.4 Å². The number of hydrogen-bond acceptors (Lipinski definition) is 1. The summed E-state index contributed by atoms with van der Waals surface area (Å²) in [6.07, 6.45) is 2.33. The normalized spacial score (nSPS) is 13.2. The van der Waals surface area contributed by atoms with Gasteiger partial charge in [0.05, 0.1) is 5.57 Å². The minimum absolute atomic E-state index is 0.0295. The number of allylic oxidation sites excluding steroid dienone is 3. The molecule has 0 radical (unpaired) electrons. The Hall–Kier alpha value is -1.38. The van der Waals surface area contributed by atoms with Crippen LogP contribution in [0.15, 0.2) is 35.7 Å². The van der Waals surface area contributed by atoms with Gasteiger partial charge in [0, 0.05) is 0 Å². The summed E-state index contributed by atoms with van der Waals surface area (Å²) in [7, 11) is 0. The number of halogens is 1. The van der Waals surface area contributed by atoms with E-state index < -0.39 is 11.8 Å². The molecule has 0 atom stereocenters. The monoisotopic (exact) mass is 198 g/mol. The molecule has 14 heavy (non-hydrogen) atoms. The topological polar surface area (TPSA) is 37.3 Å². The van der Waals surface area contributed by atoms with Crippen LogP contribution in [0.3, 0.4) is 0 Å². The molecule has 0 amide bonds. The first-order valence-electron chi connectivity index (χ1n) is 4.36. The number of rotatable bonds is 4. The van der Waals surface area contributed by atoms with Crippen molar-refractivity contribution in [3.05, 3.63) is 35.7 Å². The van der Waals surface area contributed by atoms with Gasteiger partial charge in [-0.05, 0) is 24.5 Å². The van der Waals surface area contributed by atoms with Gasteiger partial charge in [0.25, 0.3) is 0 Å². The highest BCUT2D eigenvalue weighted by atomic mass is 19.1. The van der Waals surface area contributed by atoms with Gasteiger partial charge in [0.2, 0.25) is 0 Å². The summed E-state index contributed by atoms with van der Waals surface area (Å²) in [6.45, 7) is 8.68. The van der Waals surface area contributed by atoms with Gasteiger partial charge in [-0.1, -0.05) is 26.5 Å². The standard InChI is InChI=1S/C11H15FO2/c1-5-9(11(13)14)6-10(12)8(4)7(2)3/h5-7H,4H2,1-3H3,(H,13,14)/b9-5+,10-6+. The van der Waals surface area contributed by atoms with Crippen LogP contribution in [-0.2, 0) is 4.79 Å². The first-order valence-corrected chi connectivity index (χ1v) is 4.36. The van der Waals surface area contributed by atoms with Crippen molar-refractivity contribution < 1.29 is 14.3 Å². The molecule has 0 aliphatic carbocycles. The van der Waals surface area contributed by atoms with Crippen molar-refractivity contribution in [3.8, 4) is 0 Å². The predicted molar refractivity (Wildman–Crippen MR) is 54.6 cm³/mol. The maximum Gasteiger partial charge on any atom is 0.335 e. The molecule has 0 aliphatic rings. The number of carbonyl (C=O) groups is 1. The van der Waals surface area contributed by atoms with E-state index >= 15 is 0 Å². The summed E-state index contributed by atoms with van der Waals surface area (Å²) >= 11 is 0. The first-order chi connectivity index (χ1) is 6.40. The van der Waals surface area contributed by atoms with Crippen LogP contribution in [0.1, 0.15) is 20.8 Å². The lowest BCUT2D eigenvalue weighted by molar-refractivity contribution is -0.132. The molecule has 2 nitrogen and oxygen atoms in total. The van der Waals surface area contributed by atoms with Gasteiger partial charge in [-0.2, -0.15) is 0 Å². The smallest absolute Gasteiger partial charge is 0.335 e. The number of carboxylic acid groups (broad SMARTS) is 1. The molecule has 0 saturated heterocycles. The third kappa shape index (κ3) is 3.56. The molecule has 0 aromatic rings. The highest BCUT2D eigenvalue weighted by molar-refractivity contribution is 5.89. The molecule has 0 aromatic heterocycles. The SMILES string of the molecule is C=C(/C(F)=C\C(=C/C)C(=O)O)C(C)C. The van der Waals surface area contributed by atoms with E-state index in [1.165, 1.54) is 6.08 Å². The van der Waals surface area contributed by atoms with Gasteiger partial charge >= 0.3 is 5.97 Å². The van der Waals surface area contributed by atoms with Gasteiger partial charge in [-0.15, -0.1) is 0 Å². The average Bonchev–Trinajstić information content (AvgIpc) is 2.11. The van der Waals surface area contributed by atoms with Crippen LogP contribution in [0.4, 0.5) is 4.39 Å². The van der Waals surface area contributed by atoms with Gasteiger partial charge in [-0.25, -0.2) is 9.18 Å². The minimum atomic E-state index is -1.14. The van der Waals surface area contributed by atoms with E-state index in [2.05, 4.69) is 6.58 Å². The lowest BCUT2D eigenvalue weighted by Gasteiger charge is -2.06. The number of carboxylic acids is 1. The van der Waals surface area contributed by atoms with E-state index in [1.54, 1.807) is 20.8 Å². The number of aliphatic carboxylic acids is 1. The fourth-order valence-corrected chi connectivity index (χ4v) is 0.774. The highest BCUT2D eigenvalue weighted by Gasteiger charge is 2.09. The van der Waals surface area contributed by atoms with Crippen molar-refractivity contribution in [1.29, 1.82) is 0 Å². The van der Waals surface area contributed by atoms with Gasteiger partial charge < -0.3 is 5.11 Å². The second kappa shape index (κ2) is 5.37. The summed E-state index contributed by atoms with van der Waals surface area (Å²) in [4.78, 5) is 10.5.